The smallest absolute Gasteiger partial charge is 0.338 e. The van der Waals surface area contributed by atoms with E-state index >= 15 is 0 Å². The summed E-state index contributed by atoms with van der Waals surface area (Å²) in [6, 6.07) is 19.1. The first kappa shape index (κ1) is 29.0. The standard InChI is InChI=1S/C32H35F2N3O3/c1-4-22-6-5-7-23(12-22)18-36-19-31(28(35)15-24-13-26(33)17-27(34)14-24)40-32(39)25-10-11-29(30(38)16-25)37-20(2)8-9-21(37)3/h5-14,16-17,28,31,36,38H,4,15,18-19,35H2,1-3H3. The molecule has 8 heteroatoms. The normalized spacial score (nSPS) is 12.8. The molecule has 0 fully saturated rings. The van der Waals surface area contributed by atoms with Crippen LogP contribution in [-0.4, -0.2) is 34.3 Å². The quantitative estimate of drug-likeness (QED) is 0.215. The van der Waals surface area contributed by atoms with E-state index in [2.05, 4.69) is 24.4 Å². The van der Waals surface area contributed by atoms with Gasteiger partial charge in [-0.25, -0.2) is 13.6 Å². The number of halogens is 2. The first-order valence-electron chi connectivity index (χ1n) is 13.3. The zero-order chi connectivity index (χ0) is 28.8. The summed E-state index contributed by atoms with van der Waals surface area (Å²) in [5.41, 5.74) is 11.7. The Labute approximate surface area is 233 Å². The van der Waals surface area contributed by atoms with Crippen molar-refractivity contribution in [1.82, 2.24) is 9.88 Å². The molecule has 0 spiro atoms. The number of nitrogens with two attached hydrogens (primary N) is 1. The van der Waals surface area contributed by atoms with E-state index < -0.39 is 29.7 Å². The number of nitrogens with one attached hydrogen (secondary N) is 1. The maximum absolute atomic E-state index is 13.8. The van der Waals surface area contributed by atoms with Crippen LogP contribution in [0.15, 0.2) is 72.8 Å². The van der Waals surface area contributed by atoms with Gasteiger partial charge in [0, 0.05) is 36.6 Å². The molecule has 4 rings (SSSR count). The van der Waals surface area contributed by atoms with Crippen LogP contribution in [0.1, 0.15) is 45.4 Å². The fraction of sp³-hybridized carbons (Fsp3) is 0.281. The summed E-state index contributed by atoms with van der Waals surface area (Å²) in [7, 11) is 0. The molecule has 0 bridgehead atoms. The highest BCUT2D eigenvalue weighted by Crippen LogP contribution is 2.27. The average molecular weight is 548 g/mol. The Balaban J connectivity index is 1.51. The molecular formula is C32H35F2N3O3. The lowest BCUT2D eigenvalue weighted by atomic mass is 10.0. The summed E-state index contributed by atoms with van der Waals surface area (Å²) in [6.45, 7) is 6.68. The molecule has 4 N–H and O–H groups in total. The van der Waals surface area contributed by atoms with Gasteiger partial charge >= 0.3 is 5.97 Å². The largest absolute Gasteiger partial charge is 0.506 e. The number of hydrogen-bond donors (Lipinski definition) is 3. The van der Waals surface area contributed by atoms with Gasteiger partial charge in [0.25, 0.3) is 0 Å². The Morgan fingerprint density at radius 2 is 1.62 bits per heavy atom. The third-order valence-corrected chi connectivity index (χ3v) is 6.93. The topological polar surface area (TPSA) is 89.5 Å². The molecule has 0 amide bonds. The molecule has 0 radical (unpaired) electrons. The number of carbonyl (C=O) groups excluding carboxylic acids is 1. The molecule has 0 saturated heterocycles. The van der Waals surface area contributed by atoms with Crippen molar-refractivity contribution in [3.63, 3.8) is 0 Å². The third-order valence-electron chi connectivity index (χ3n) is 6.93. The maximum Gasteiger partial charge on any atom is 0.338 e. The van der Waals surface area contributed by atoms with E-state index in [4.69, 9.17) is 10.5 Å². The van der Waals surface area contributed by atoms with Gasteiger partial charge in [-0.1, -0.05) is 31.2 Å². The van der Waals surface area contributed by atoms with Gasteiger partial charge in [0.05, 0.1) is 11.3 Å². The van der Waals surface area contributed by atoms with Crippen LogP contribution in [0.5, 0.6) is 5.75 Å². The number of aromatic hydroxyl groups is 1. The lowest BCUT2D eigenvalue weighted by Crippen LogP contribution is -2.46. The third kappa shape index (κ3) is 7.14. The van der Waals surface area contributed by atoms with Gasteiger partial charge in [-0.05, 0) is 85.8 Å². The first-order chi connectivity index (χ1) is 19.1. The molecule has 6 nitrogen and oxygen atoms in total. The second-order valence-electron chi connectivity index (χ2n) is 10.0. The molecule has 0 aliphatic heterocycles. The van der Waals surface area contributed by atoms with E-state index in [1.165, 1.54) is 23.8 Å². The molecule has 0 aliphatic carbocycles. The van der Waals surface area contributed by atoms with Crippen molar-refractivity contribution < 1.29 is 23.4 Å². The van der Waals surface area contributed by atoms with Gasteiger partial charge in [0.2, 0.25) is 0 Å². The number of aryl methyl sites for hydroxylation is 3. The Bertz CT molecular complexity index is 1440. The minimum absolute atomic E-state index is 0.0677. The molecule has 4 aromatic rings. The molecule has 2 atom stereocenters. The van der Waals surface area contributed by atoms with Crippen molar-refractivity contribution in [3.05, 3.63) is 118 Å². The molecule has 0 aliphatic rings. The number of aromatic nitrogens is 1. The number of esters is 1. The number of hydrogen-bond acceptors (Lipinski definition) is 5. The minimum Gasteiger partial charge on any atom is -0.506 e. The van der Waals surface area contributed by atoms with E-state index in [0.717, 1.165) is 29.4 Å². The second kappa shape index (κ2) is 12.9. The van der Waals surface area contributed by atoms with Crippen LogP contribution in [0.3, 0.4) is 0 Å². The number of benzene rings is 3. The van der Waals surface area contributed by atoms with Crippen LogP contribution in [0.2, 0.25) is 0 Å². The highest BCUT2D eigenvalue weighted by Gasteiger charge is 2.24. The van der Waals surface area contributed by atoms with Crippen molar-refractivity contribution in [1.29, 1.82) is 0 Å². The molecule has 40 heavy (non-hydrogen) atoms. The Kier molecular flexibility index (Phi) is 9.34. The van der Waals surface area contributed by atoms with E-state index in [1.54, 1.807) is 12.1 Å². The zero-order valence-corrected chi connectivity index (χ0v) is 23.0. The van der Waals surface area contributed by atoms with Crippen LogP contribution in [-0.2, 0) is 24.1 Å². The lowest BCUT2D eigenvalue weighted by Gasteiger charge is -2.25. The van der Waals surface area contributed by atoms with E-state index in [9.17, 15) is 18.7 Å². The number of rotatable bonds is 11. The predicted molar refractivity (Wildman–Crippen MR) is 152 cm³/mol. The lowest BCUT2D eigenvalue weighted by molar-refractivity contribution is 0.0237. The number of ether oxygens (including phenoxy) is 1. The average Bonchev–Trinajstić information content (AvgIpc) is 3.24. The Morgan fingerprint density at radius 3 is 2.27 bits per heavy atom. The molecule has 210 valence electrons. The van der Waals surface area contributed by atoms with Crippen LogP contribution in [0, 0.1) is 25.5 Å². The second-order valence-corrected chi connectivity index (χ2v) is 10.0. The van der Waals surface area contributed by atoms with Crippen molar-refractivity contribution in [3.8, 4) is 11.4 Å². The molecule has 2 unspecified atom stereocenters. The monoisotopic (exact) mass is 547 g/mol. The number of carbonyl (C=O) groups is 1. The van der Waals surface area contributed by atoms with Gasteiger partial charge in [0.15, 0.2) is 0 Å². The highest BCUT2D eigenvalue weighted by molar-refractivity contribution is 5.90. The van der Waals surface area contributed by atoms with Crippen LogP contribution in [0.4, 0.5) is 8.78 Å². The highest BCUT2D eigenvalue weighted by atomic mass is 19.1. The summed E-state index contributed by atoms with van der Waals surface area (Å²) in [4.78, 5) is 13.2. The van der Waals surface area contributed by atoms with Crippen molar-refractivity contribution in [2.75, 3.05) is 6.54 Å². The maximum atomic E-state index is 13.8. The van der Waals surface area contributed by atoms with Crippen LogP contribution >= 0.6 is 0 Å². The van der Waals surface area contributed by atoms with Gasteiger partial charge in [-0.3, -0.25) is 0 Å². The minimum atomic E-state index is -0.816. The summed E-state index contributed by atoms with van der Waals surface area (Å²) < 4.78 is 35.3. The molecule has 1 aromatic heterocycles. The molecule has 1 heterocycles. The summed E-state index contributed by atoms with van der Waals surface area (Å²) in [5.74, 6) is -2.13. The van der Waals surface area contributed by atoms with Gasteiger partial charge in [-0.2, -0.15) is 0 Å². The van der Waals surface area contributed by atoms with Crippen LogP contribution < -0.4 is 11.1 Å². The fourth-order valence-corrected chi connectivity index (χ4v) is 4.82. The number of phenolic OH excluding ortho intramolecular Hbond substituents is 1. The Morgan fingerprint density at radius 1 is 0.950 bits per heavy atom. The summed E-state index contributed by atoms with van der Waals surface area (Å²) in [5, 5.41) is 14.0. The van der Waals surface area contributed by atoms with Crippen LogP contribution in [0.25, 0.3) is 5.69 Å². The van der Waals surface area contributed by atoms with Gasteiger partial charge < -0.3 is 25.5 Å². The molecular weight excluding hydrogens is 512 g/mol. The SMILES string of the molecule is CCc1cccc(CNCC(OC(=O)c2ccc(-n3c(C)ccc3C)c(O)c2)C(N)Cc2cc(F)cc(F)c2)c1. The first-order valence-corrected chi connectivity index (χ1v) is 13.3. The number of phenols is 1. The molecule has 0 saturated carbocycles. The summed E-state index contributed by atoms with van der Waals surface area (Å²) in [6.07, 6.45) is 0.192. The van der Waals surface area contributed by atoms with Crippen molar-refractivity contribution in [2.24, 2.45) is 5.73 Å². The van der Waals surface area contributed by atoms with E-state index in [0.29, 0.717) is 17.8 Å². The number of nitrogens with zero attached hydrogens (tertiary/aromatic N) is 1. The van der Waals surface area contributed by atoms with E-state index in [-0.39, 0.29) is 24.3 Å². The predicted octanol–water partition coefficient (Wildman–Crippen LogP) is 5.53. The Hall–Kier alpha value is -4.01. The van der Waals surface area contributed by atoms with Gasteiger partial charge in [-0.15, -0.1) is 0 Å². The van der Waals surface area contributed by atoms with Crippen molar-refractivity contribution >= 4 is 5.97 Å². The zero-order valence-electron chi connectivity index (χ0n) is 23.0. The van der Waals surface area contributed by atoms with Gasteiger partial charge in [0.1, 0.15) is 23.5 Å². The fourth-order valence-electron chi connectivity index (χ4n) is 4.82. The molecule has 3 aromatic carbocycles. The van der Waals surface area contributed by atoms with E-state index in [1.807, 2.05) is 42.7 Å². The van der Waals surface area contributed by atoms with Crippen molar-refractivity contribution in [2.45, 2.75) is 52.3 Å². The summed E-state index contributed by atoms with van der Waals surface area (Å²) >= 11 is 0.